The topological polar surface area (TPSA) is 46.2 Å². The van der Waals surface area contributed by atoms with Crippen LogP contribution in [0.25, 0.3) is 0 Å². The summed E-state index contributed by atoms with van der Waals surface area (Å²) in [6.45, 7) is 9.02. The summed E-state index contributed by atoms with van der Waals surface area (Å²) >= 11 is 0. The maximum Gasteiger partial charge on any atom is 0.119 e. The van der Waals surface area contributed by atoms with E-state index in [1.807, 2.05) is 0 Å². The highest BCUT2D eigenvalue weighted by Crippen LogP contribution is 2.15. The van der Waals surface area contributed by atoms with Gasteiger partial charge in [-0.3, -0.25) is 0 Å². The molecule has 0 aliphatic heterocycles. The Kier molecular flexibility index (Phi) is 6.23. The molecular formula is C10H23NO2Si2. The zero-order valence-corrected chi connectivity index (χ0v) is 12.3. The molecule has 0 amide bonds. The van der Waals surface area contributed by atoms with Crippen molar-refractivity contribution in [2.45, 2.75) is 51.1 Å². The molecule has 0 aromatic rings. The van der Waals surface area contributed by atoms with Gasteiger partial charge in [0, 0.05) is 12.8 Å². The minimum atomic E-state index is -1.45. The molecule has 0 spiro atoms. The lowest BCUT2D eigenvalue weighted by atomic mass is 10.6. The van der Waals surface area contributed by atoms with E-state index in [-0.39, 0.29) is 0 Å². The van der Waals surface area contributed by atoms with Gasteiger partial charge in [0.1, 0.15) is 29.0 Å². The highest BCUT2D eigenvalue weighted by molar-refractivity contribution is 6.91. The van der Waals surface area contributed by atoms with E-state index in [0.717, 1.165) is 24.7 Å². The van der Waals surface area contributed by atoms with Crippen LogP contribution in [0.15, 0.2) is 0 Å². The molecular weight excluding hydrogens is 222 g/mol. The number of carbonyl (C=O) groups is 2. The van der Waals surface area contributed by atoms with E-state index < -0.39 is 16.5 Å². The molecule has 0 aliphatic rings. The summed E-state index contributed by atoms with van der Waals surface area (Å²) in [4.78, 5) is 20.7. The standard InChI is InChI=1S/C10H23NO2Si2/c1-14(2,9-5-7-12)11-15(3,4)10-6-8-13/h7-8,11H,5-6,9-10H2,1-4H3. The molecule has 0 atom stereocenters. The second-order valence-corrected chi connectivity index (χ2v) is 14.8. The van der Waals surface area contributed by atoms with Crippen LogP contribution < -0.4 is 4.65 Å². The van der Waals surface area contributed by atoms with Gasteiger partial charge in [-0.05, 0) is 12.1 Å². The fraction of sp³-hybridized carbons (Fsp3) is 0.800. The van der Waals surface area contributed by atoms with Crippen LogP contribution in [0.4, 0.5) is 0 Å². The lowest BCUT2D eigenvalue weighted by Crippen LogP contribution is -2.58. The molecule has 1 N–H and O–H groups in total. The molecule has 15 heavy (non-hydrogen) atoms. The molecule has 0 aliphatic carbocycles. The SMILES string of the molecule is C[Si](C)(CCC=O)N[Si](C)(C)CCC=O. The maximum absolute atomic E-state index is 10.3. The van der Waals surface area contributed by atoms with Crippen molar-refractivity contribution in [3.8, 4) is 0 Å². The third kappa shape index (κ3) is 7.64. The molecule has 0 heterocycles. The monoisotopic (exact) mass is 245 g/mol. The van der Waals surface area contributed by atoms with Crippen LogP contribution in [0.1, 0.15) is 12.8 Å². The fourth-order valence-corrected chi connectivity index (χ4v) is 11.9. The lowest BCUT2D eigenvalue weighted by molar-refractivity contribution is -0.108. The maximum atomic E-state index is 10.3. The molecule has 88 valence electrons. The Labute approximate surface area is 94.8 Å². The summed E-state index contributed by atoms with van der Waals surface area (Å²) in [5.74, 6) is 0. The van der Waals surface area contributed by atoms with Gasteiger partial charge in [0.05, 0.1) is 0 Å². The predicted octanol–water partition coefficient (Wildman–Crippen LogP) is 2.16. The van der Waals surface area contributed by atoms with Gasteiger partial charge in [0.25, 0.3) is 0 Å². The van der Waals surface area contributed by atoms with Crippen molar-refractivity contribution >= 4 is 29.0 Å². The Hall–Kier alpha value is -0.266. The average Bonchev–Trinajstić information content (AvgIpc) is 2.10. The minimum Gasteiger partial charge on any atom is -0.359 e. The number of hydrogen-bond donors (Lipinski definition) is 1. The van der Waals surface area contributed by atoms with Gasteiger partial charge in [0.2, 0.25) is 0 Å². The summed E-state index contributed by atoms with van der Waals surface area (Å²) in [7, 11) is -2.89. The predicted molar refractivity (Wildman–Crippen MR) is 69.1 cm³/mol. The molecule has 5 heteroatoms. The molecule has 0 aromatic heterocycles. The van der Waals surface area contributed by atoms with Crippen molar-refractivity contribution in [2.75, 3.05) is 0 Å². The highest BCUT2D eigenvalue weighted by atomic mass is 28.4. The number of carbonyl (C=O) groups excluding carboxylic acids is 2. The van der Waals surface area contributed by atoms with Crippen LogP contribution in [0.2, 0.25) is 38.3 Å². The van der Waals surface area contributed by atoms with Crippen LogP contribution in [0, 0.1) is 0 Å². The zero-order valence-electron chi connectivity index (χ0n) is 10.3. The fourth-order valence-electron chi connectivity index (χ4n) is 1.88. The van der Waals surface area contributed by atoms with Crippen LogP contribution >= 0.6 is 0 Å². The third-order valence-corrected chi connectivity index (χ3v) is 10.9. The van der Waals surface area contributed by atoms with Crippen molar-refractivity contribution < 1.29 is 9.59 Å². The second-order valence-electron chi connectivity index (χ2n) is 5.30. The van der Waals surface area contributed by atoms with Crippen molar-refractivity contribution in [2.24, 2.45) is 0 Å². The van der Waals surface area contributed by atoms with Gasteiger partial charge < -0.3 is 14.2 Å². The Bertz CT molecular complexity index is 195. The van der Waals surface area contributed by atoms with Gasteiger partial charge in [-0.2, -0.15) is 0 Å². The van der Waals surface area contributed by atoms with Gasteiger partial charge in [-0.1, -0.05) is 26.2 Å². The van der Waals surface area contributed by atoms with Crippen molar-refractivity contribution in [1.82, 2.24) is 4.65 Å². The van der Waals surface area contributed by atoms with Crippen LogP contribution in [-0.2, 0) is 9.59 Å². The molecule has 0 saturated heterocycles. The molecule has 0 fully saturated rings. The first-order valence-corrected chi connectivity index (χ1v) is 11.9. The summed E-state index contributed by atoms with van der Waals surface area (Å²) < 4.78 is 3.76. The number of aldehydes is 2. The molecule has 0 rings (SSSR count). The summed E-state index contributed by atoms with van der Waals surface area (Å²) in [5, 5.41) is 0. The summed E-state index contributed by atoms with van der Waals surface area (Å²) in [6, 6.07) is 1.99. The Balaban J connectivity index is 4.15. The number of nitrogens with one attached hydrogen (secondary N) is 1. The Morgan fingerprint density at radius 1 is 0.867 bits per heavy atom. The van der Waals surface area contributed by atoms with E-state index in [0.29, 0.717) is 12.8 Å². The average molecular weight is 245 g/mol. The zero-order chi connectivity index (χ0) is 11.9. The first-order chi connectivity index (χ1) is 6.83. The van der Waals surface area contributed by atoms with Crippen molar-refractivity contribution in [3.63, 3.8) is 0 Å². The Morgan fingerprint density at radius 2 is 1.20 bits per heavy atom. The van der Waals surface area contributed by atoms with Gasteiger partial charge >= 0.3 is 0 Å². The molecule has 3 nitrogen and oxygen atoms in total. The van der Waals surface area contributed by atoms with Gasteiger partial charge in [-0.15, -0.1) is 0 Å². The van der Waals surface area contributed by atoms with Crippen LogP contribution in [0.3, 0.4) is 0 Å². The van der Waals surface area contributed by atoms with E-state index in [9.17, 15) is 9.59 Å². The molecule has 0 saturated carbocycles. The second kappa shape index (κ2) is 6.35. The van der Waals surface area contributed by atoms with E-state index in [1.54, 1.807) is 0 Å². The normalized spacial score (nSPS) is 12.5. The van der Waals surface area contributed by atoms with Gasteiger partial charge in [-0.25, -0.2) is 0 Å². The minimum absolute atomic E-state index is 0.657. The molecule has 0 bridgehead atoms. The van der Waals surface area contributed by atoms with E-state index >= 15 is 0 Å². The molecule has 0 aromatic carbocycles. The van der Waals surface area contributed by atoms with Crippen molar-refractivity contribution in [3.05, 3.63) is 0 Å². The van der Waals surface area contributed by atoms with Crippen LogP contribution in [-0.4, -0.2) is 29.0 Å². The van der Waals surface area contributed by atoms with Crippen LogP contribution in [0.5, 0.6) is 0 Å². The van der Waals surface area contributed by atoms with E-state index in [2.05, 4.69) is 30.8 Å². The number of hydrogen-bond acceptors (Lipinski definition) is 3. The molecule has 0 radical (unpaired) electrons. The van der Waals surface area contributed by atoms with E-state index in [4.69, 9.17) is 0 Å². The first kappa shape index (κ1) is 14.7. The molecule has 0 unspecified atom stereocenters. The Morgan fingerprint density at radius 3 is 1.47 bits per heavy atom. The first-order valence-electron chi connectivity index (χ1n) is 5.50. The highest BCUT2D eigenvalue weighted by Gasteiger charge is 2.30. The third-order valence-electron chi connectivity index (χ3n) is 2.45. The lowest BCUT2D eigenvalue weighted by Gasteiger charge is -2.34. The quantitative estimate of drug-likeness (QED) is 0.526. The summed E-state index contributed by atoms with van der Waals surface area (Å²) in [6.07, 6.45) is 3.31. The van der Waals surface area contributed by atoms with E-state index in [1.165, 1.54) is 0 Å². The number of rotatable bonds is 8. The largest absolute Gasteiger partial charge is 0.359 e. The summed E-state index contributed by atoms with van der Waals surface area (Å²) in [5.41, 5.74) is 0. The smallest absolute Gasteiger partial charge is 0.119 e. The van der Waals surface area contributed by atoms with Crippen molar-refractivity contribution in [1.29, 1.82) is 0 Å². The van der Waals surface area contributed by atoms with Gasteiger partial charge in [0.15, 0.2) is 0 Å².